The molecule has 0 aliphatic heterocycles. The summed E-state index contributed by atoms with van der Waals surface area (Å²) in [7, 11) is 1.39. The Morgan fingerprint density at radius 2 is 1.60 bits per heavy atom. The number of rotatable bonds is 7. The number of hydrogen-bond donors (Lipinski definition) is 2. The molecule has 0 bridgehead atoms. The van der Waals surface area contributed by atoms with Gasteiger partial charge < -0.3 is 14.5 Å². The molecule has 0 aliphatic carbocycles. The Hall–Kier alpha value is -3.87. The van der Waals surface area contributed by atoms with Crippen LogP contribution in [0, 0.1) is 0 Å². The van der Waals surface area contributed by atoms with Crippen molar-refractivity contribution in [2.75, 3.05) is 7.05 Å². The molecular formula is C23H22N2O5. The van der Waals surface area contributed by atoms with E-state index in [0.717, 1.165) is 5.56 Å². The number of carbonyl (C=O) groups is 3. The van der Waals surface area contributed by atoms with Gasteiger partial charge in [0.2, 0.25) is 6.10 Å². The first-order chi connectivity index (χ1) is 14.6. The number of nitrogens with one attached hydrogen (secondary N) is 2. The van der Waals surface area contributed by atoms with Gasteiger partial charge in [0.15, 0.2) is 0 Å². The van der Waals surface area contributed by atoms with Crippen LogP contribution in [0.3, 0.4) is 0 Å². The van der Waals surface area contributed by atoms with E-state index in [9.17, 15) is 14.4 Å². The lowest BCUT2D eigenvalue weighted by molar-refractivity contribution is -0.156. The van der Waals surface area contributed by atoms with E-state index in [1.807, 2.05) is 42.5 Å². The number of carbonyl (C=O) groups excluding carboxylic acids is 3. The summed E-state index contributed by atoms with van der Waals surface area (Å²) in [5.74, 6) is 0.0507. The van der Waals surface area contributed by atoms with Crippen molar-refractivity contribution in [2.45, 2.75) is 18.9 Å². The van der Waals surface area contributed by atoms with Gasteiger partial charge >= 0.3 is 12.0 Å². The molecule has 3 aromatic rings. The molecular weight excluding hydrogens is 384 g/mol. The van der Waals surface area contributed by atoms with Crippen molar-refractivity contribution >= 4 is 17.9 Å². The molecule has 0 unspecified atom stereocenters. The standard InChI is InChI=1S/C23H22N2O5/c1-24-23(28)25-22(27)21(17-10-6-3-7-11-17)30-20(26)15-13-18-12-14-19(29-18)16-8-4-2-5-9-16/h2-12,14,21H,13,15H2,1H3,(H2,24,25,27,28)/t21-/m1/s1. The fraction of sp³-hybridized carbons (Fsp3) is 0.174. The number of amides is 3. The fourth-order valence-electron chi connectivity index (χ4n) is 2.83. The first kappa shape index (κ1) is 20.9. The third-order valence-corrected chi connectivity index (χ3v) is 4.35. The normalized spacial score (nSPS) is 11.4. The Morgan fingerprint density at radius 3 is 2.27 bits per heavy atom. The second-order valence-corrected chi connectivity index (χ2v) is 6.48. The number of urea groups is 1. The van der Waals surface area contributed by atoms with Crippen LogP contribution >= 0.6 is 0 Å². The summed E-state index contributed by atoms with van der Waals surface area (Å²) in [5, 5.41) is 4.44. The third kappa shape index (κ3) is 5.57. The number of furan rings is 1. The van der Waals surface area contributed by atoms with E-state index in [-0.39, 0.29) is 6.42 Å². The van der Waals surface area contributed by atoms with Gasteiger partial charge in [-0.15, -0.1) is 0 Å². The van der Waals surface area contributed by atoms with Gasteiger partial charge in [-0.25, -0.2) is 4.79 Å². The van der Waals surface area contributed by atoms with Gasteiger partial charge in [-0.05, 0) is 12.1 Å². The smallest absolute Gasteiger partial charge is 0.321 e. The first-order valence-corrected chi connectivity index (χ1v) is 9.48. The molecule has 154 valence electrons. The molecule has 7 nitrogen and oxygen atoms in total. The van der Waals surface area contributed by atoms with Gasteiger partial charge in [0.05, 0.1) is 6.42 Å². The predicted molar refractivity (Wildman–Crippen MR) is 110 cm³/mol. The highest BCUT2D eigenvalue weighted by Crippen LogP contribution is 2.23. The van der Waals surface area contributed by atoms with Crippen LogP contribution in [-0.4, -0.2) is 25.0 Å². The summed E-state index contributed by atoms with van der Waals surface area (Å²) < 4.78 is 11.2. The molecule has 30 heavy (non-hydrogen) atoms. The van der Waals surface area contributed by atoms with Crippen molar-refractivity contribution in [3.8, 4) is 11.3 Å². The second-order valence-electron chi connectivity index (χ2n) is 6.48. The Kier molecular flexibility index (Phi) is 7.00. The van der Waals surface area contributed by atoms with Crippen LogP contribution < -0.4 is 10.6 Å². The van der Waals surface area contributed by atoms with Crippen LogP contribution in [0.15, 0.2) is 77.2 Å². The number of aryl methyl sites for hydroxylation is 1. The molecule has 0 spiro atoms. The third-order valence-electron chi connectivity index (χ3n) is 4.35. The van der Waals surface area contributed by atoms with E-state index in [4.69, 9.17) is 9.15 Å². The van der Waals surface area contributed by atoms with Crippen molar-refractivity contribution < 1.29 is 23.5 Å². The van der Waals surface area contributed by atoms with Gasteiger partial charge in [-0.2, -0.15) is 0 Å². The highest BCUT2D eigenvalue weighted by Gasteiger charge is 2.26. The highest BCUT2D eigenvalue weighted by molar-refractivity contribution is 5.97. The lowest BCUT2D eigenvalue weighted by Gasteiger charge is -2.17. The number of imide groups is 1. The highest BCUT2D eigenvalue weighted by atomic mass is 16.5. The van der Waals surface area contributed by atoms with E-state index in [2.05, 4.69) is 10.6 Å². The van der Waals surface area contributed by atoms with Crippen molar-refractivity contribution in [1.29, 1.82) is 0 Å². The van der Waals surface area contributed by atoms with Gasteiger partial charge in [0.25, 0.3) is 5.91 Å². The zero-order chi connectivity index (χ0) is 21.3. The maximum Gasteiger partial charge on any atom is 0.321 e. The van der Waals surface area contributed by atoms with Crippen LogP contribution in [0.2, 0.25) is 0 Å². The largest absolute Gasteiger partial charge is 0.461 e. The van der Waals surface area contributed by atoms with E-state index in [1.54, 1.807) is 30.3 Å². The lowest BCUT2D eigenvalue weighted by Crippen LogP contribution is -2.41. The van der Waals surface area contributed by atoms with Crippen molar-refractivity contribution in [2.24, 2.45) is 0 Å². The molecule has 2 aromatic carbocycles. The minimum Gasteiger partial charge on any atom is -0.461 e. The molecule has 7 heteroatoms. The summed E-state index contributed by atoms with van der Waals surface area (Å²) in [5.41, 5.74) is 1.41. The zero-order valence-electron chi connectivity index (χ0n) is 16.5. The molecule has 2 N–H and O–H groups in total. The minimum atomic E-state index is -1.23. The Balaban J connectivity index is 1.62. The fourth-order valence-corrected chi connectivity index (χ4v) is 2.83. The molecule has 1 heterocycles. The number of ether oxygens (including phenoxy) is 1. The molecule has 0 radical (unpaired) electrons. The van der Waals surface area contributed by atoms with E-state index >= 15 is 0 Å². The summed E-state index contributed by atoms with van der Waals surface area (Å²) in [6, 6.07) is 21.1. The topological polar surface area (TPSA) is 97.6 Å². The number of benzene rings is 2. The van der Waals surface area contributed by atoms with Crippen LogP contribution in [0.4, 0.5) is 4.79 Å². The van der Waals surface area contributed by atoms with Crippen LogP contribution in [0.1, 0.15) is 23.8 Å². The van der Waals surface area contributed by atoms with Crippen molar-refractivity contribution in [3.63, 3.8) is 0 Å². The van der Waals surface area contributed by atoms with Gasteiger partial charge in [0.1, 0.15) is 11.5 Å². The monoisotopic (exact) mass is 406 g/mol. The first-order valence-electron chi connectivity index (χ1n) is 9.48. The van der Waals surface area contributed by atoms with Crippen LogP contribution in [-0.2, 0) is 20.7 Å². The summed E-state index contributed by atoms with van der Waals surface area (Å²) in [6.07, 6.45) is -0.879. The molecule has 1 atom stereocenters. The summed E-state index contributed by atoms with van der Waals surface area (Å²) in [6.45, 7) is 0. The molecule has 0 aliphatic rings. The average molecular weight is 406 g/mol. The second kappa shape index (κ2) is 10.1. The zero-order valence-corrected chi connectivity index (χ0v) is 16.5. The molecule has 3 amide bonds. The number of hydrogen-bond acceptors (Lipinski definition) is 5. The van der Waals surface area contributed by atoms with E-state index in [1.165, 1.54) is 7.05 Å². The van der Waals surface area contributed by atoms with Crippen molar-refractivity contribution in [1.82, 2.24) is 10.6 Å². The summed E-state index contributed by atoms with van der Waals surface area (Å²) >= 11 is 0. The van der Waals surface area contributed by atoms with Gasteiger partial charge in [0, 0.05) is 24.6 Å². The Morgan fingerprint density at radius 1 is 0.933 bits per heavy atom. The van der Waals surface area contributed by atoms with Crippen LogP contribution in [0.5, 0.6) is 0 Å². The molecule has 0 fully saturated rings. The Labute approximate surface area is 174 Å². The molecule has 0 saturated heterocycles. The minimum absolute atomic E-state index is 0.0261. The molecule has 0 saturated carbocycles. The van der Waals surface area contributed by atoms with E-state index < -0.39 is 24.0 Å². The number of esters is 1. The van der Waals surface area contributed by atoms with Gasteiger partial charge in [-0.1, -0.05) is 60.7 Å². The molecule has 1 aromatic heterocycles. The van der Waals surface area contributed by atoms with E-state index in [0.29, 0.717) is 23.5 Å². The summed E-state index contributed by atoms with van der Waals surface area (Å²) in [4.78, 5) is 36.3. The van der Waals surface area contributed by atoms with Gasteiger partial charge in [-0.3, -0.25) is 14.9 Å². The maximum atomic E-state index is 12.4. The maximum absolute atomic E-state index is 12.4. The van der Waals surface area contributed by atoms with Crippen molar-refractivity contribution in [3.05, 3.63) is 84.1 Å². The SMILES string of the molecule is CNC(=O)NC(=O)[C@H](OC(=O)CCc1ccc(-c2ccccc2)o1)c1ccccc1. The van der Waals surface area contributed by atoms with Crippen LogP contribution in [0.25, 0.3) is 11.3 Å². The average Bonchev–Trinajstić information content (AvgIpc) is 3.26. The molecule has 3 rings (SSSR count). The Bertz CT molecular complexity index is 999. The quantitative estimate of drug-likeness (QED) is 0.584. The predicted octanol–water partition coefficient (Wildman–Crippen LogP) is 3.62. The lowest BCUT2D eigenvalue weighted by atomic mass is 10.1.